The number of hydrogen-bond acceptors (Lipinski definition) is 3. The molecule has 1 heterocycles. The molecule has 0 aromatic carbocycles. The van der Waals surface area contributed by atoms with Crippen molar-refractivity contribution in [1.29, 1.82) is 0 Å². The summed E-state index contributed by atoms with van der Waals surface area (Å²) in [6.45, 7) is 10.7. The Labute approximate surface area is 151 Å². The van der Waals surface area contributed by atoms with Gasteiger partial charge in [0, 0.05) is 42.9 Å². The molecular formula is C19H33N5O. The molecule has 0 saturated heterocycles. The summed E-state index contributed by atoms with van der Waals surface area (Å²) in [5.74, 6) is 0.913. The Morgan fingerprint density at radius 1 is 1.36 bits per heavy atom. The summed E-state index contributed by atoms with van der Waals surface area (Å²) in [5, 5.41) is 11.6. The number of ether oxygens (including phenoxy) is 1. The summed E-state index contributed by atoms with van der Waals surface area (Å²) in [4.78, 5) is 4.84. The first kappa shape index (κ1) is 18.2. The summed E-state index contributed by atoms with van der Waals surface area (Å²) in [6, 6.07) is 0.478. The number of guanidine groups is 1. The predicted molar refractivity (Wildman–Crippen MR) is 101 cm³/mol. The van der Waals surface area contributed by atoms with Crippen molar-refractivity contribution in [3.8, 4) is 0 Å². The number of rotatable bonds is 6. The molecule has 0 radical (unpaired) electrons. The number of hydrogen-bond donors (Lipinski definition) is 2. The average molecular weight is 348 g/mol. The lowest BCUT2D eigenvalue weighted by Crippen LogP contribution is -2.68. The minimum Gasteiger partial charge on any atom is -0.378 e. The maximum absolute atomic E-state index is 5.96. The minimum absolute atomic E-state index is 0.340. The Balaban J connectivity index is 1.67. The van der Waals surface area contributed by atoms with E-state index in [4.69, 9.17) is 9.73 Å². The van der Waals surface area contributed by atoms with Gasteiger partial charge >= 0.3 is 0 Å². The standard InChI is InChI=1S/C19H33N5O/c1-6-20-18(21-12-15-13(3)23-24(5)14(15)4)22-16-11-17(25-7-2)19(16)9-8-10-19/h16-17H,6-12H2,1-5H3,(H2,20,21,22). The van der Waals surface area contributed by atoms with Crippen LogP contribution < -0.4 is 10.6 Å². The highest BCUT2D eigenvalue weighted by molar-refractivity contribution is 5.80. The molecule has 0 aliphatic heterocycles. The highest BCUT2D eigenvalue weighted by Gasteiger charge is 2.59. The number of aliphatic imine (C=N–C) groups is 1. The van der Waals surface area contributed by atoms with Crippen LogP contribution in [0.4, 0.5) is 0 Å². The van der Waals surface area contributed by atoms with Crippen LogP contribution >= 0.6 is 0 Å². The van der Waals surface area contributed by atoms with Crippen molar-refractivity contribution >= 4 is 5.96 Å². The van der Waals surface area contributed by atoms with E-state index in [0.29, 0.717) is 24.1 Å². The van der Waals surface area contributed by atoms with Crippen LogP contribution in [0.3, 0.4) is 0 Å². The van der Waals surface area contributed by atoms with Crippen molar-refractivity contribution in [3.63, 3.8) is 0 Å². The molecule has 2 N–H and O–H groups in total. The second-order valence-electron chi connectivity index (χ2n) is 7.43. The zero-order valence-electron chi connectivity index (χ0n) is 16.4. The van der Waals surface area contributed by atoms with Crippen LogP contribution in [0, 0.1) is 19.3 Å². The predicted octanol–water partition coefficient (Wildman–Crippen LogP) is 2.44. The molecule has 0 amide bonds. The van der Waals surface area contributed by atoms with Gasteiger partial charge in [0.25, 0.3) is 0 Å². The molecule has 2 saturated carbocycles. The molecule has 1 aromatic heterocycles. The van der Waals surface area contributed by atoms with Crippen molar-refractivity contribution in [2.24, 2.45) is 17.5 Å². The van der Waals surface area contributed by atoms with Gasteiger partial charge in [-0.25, -0.2) is 4.99 Å². The van der Waals surface area contributed by atoms with Gasteiger partial charge in [-0.2, -0.15) is 5.10 Å². The van der Waals surface area contributed by atoms with Gasteiger partial charge in [-0.3, -0.25) is 4.68 Å². The third kappa shape index (κ3) is 3.28. The fourth-order valence-corrected chi connectivity index (χ4v) is 4.33. The summed E-state index contributed by atoms with van der Waals surface area (Å²) < 4.78 is 7.89. The maximum atomic E-state index is 5.96. The smallest absolute Gasteiger partial charge is 0.191 e. The first-order valence-electron chi connectivity index (χ1n) is 9.67. The monoisotopic (exact) mass is 347 g/mol. The van der Waals surface area contributed by atoms with Crippen molar-refractivity contribution in [2.75, 3.05) is 13.2 Å². The quantitative estimate of drug-likeness (QED) is 0.613. The van der Waals surface area contributed by atoms with Crippen LogP contribution in [-0.4, -0.2) is 41.0 Å². The highest BCUT2D eigenvalue weighted by atomic mass is 16.5. The van der Waals surface area contributed by atoms with Crippen LogP contribution in [0.5, 0.6) is 0 Å². The van der Waals surface area contributed by atoms with Crippen molar-refractivity contribution < 1.29 is 4.74 Å². The Morgan fingerprint density at radius 3 is 2.64 bits per heavy atom. The lowest BCUT2D eigenvalue weighted by molar-refractivity contribution is -0.168. The maximum Gasteiger partial charge on any atom is 0.191 e. The SMILES string of the molecule is CCNC(=NCc1c(C)nn(C)c1C)NC1CC(OCC)C12CCC2. The highest BCUT2D eigenvalue weighted by Crippen LogP contribution is 2.57. The molecule has 1 aromatic rings. The van der Waals surface area contributed by atoms with Gasteiger partial charge < -0.3 is 15.4 Å². The van der Waals surface area contributed by atoms with E-state index >= 15 is 0 Å². The molecular weight excluding hydrogens is 314 g/mol. The van der Waals surface area contributed by atoms with E-state index in [1.54, 1.807) is 0 Å². The van der Waals surface area contributed by atoms with Crippen LogP contribution in [-0.2, 0) is 18.3 Å². The Kier molecular flexibility index (Phi) is 5.37. The first-order valence-corrected chi connectivity index (χ1v) is 9.67. The van der Waals surface area contributed by atoms with Gasteiger partial charge in [0.2, 0.25) is 0 Å². The van der Waals surface area contributed by atoms with Gasteiger partial charge in [-0.05, 0) is 47.0 Å². The molecule has 2 aliphatic rings. The molecule has 3 rings (SSSR count). The first-order chi connectivity index (χ1) is 12.0. The molecule has 2 atom stereocenters. The lowest BCUT2D eigenvalue weighted by Gasteiger charge is -2.61. The van der Waals surface area contributed by atoms with Gasteiger partial charge in [0.15, 0.2) is 5.96 Å². The Hall–Kier alpha value is -1.56. The third-order valence-corrected chi connectivity index (χ3v) is 6.15. The molecule has 0 bridgehead atoms. The molecule has 1 spiro atoms. The number of nitrogens with one attached hydrogen (secondary N) is 2. The van der Waals surface area contributed by atoms with E-state index in [-0.39, 0.29) is 0 Å². The van der Waals surface area contributed by atoms with E-state index in [2.05, 4.69) is 43.4 Å². The van der Waals surface area contributed by atoms with E-state index in [9.17, 15) is 0 Å². The van der Waals surface area contributed by atoms with E-state index in [1.807, 2.05) is 11.7 Å². The molecule has 2 aliphatic carbocycles. The lowest BCUT2D eigenvalue weighted by atomic mass is 9.51. The van der Waals surface area contributed by atoms with Crippen molar-refractivity contribution in [3.05, 3.63) is 17.0 Å². The molecule has 140 valence electrons. The molecule has 2 fully saturated rings. The van der Waals surface area contributed by atoms with Gasteiger partial charge in [-0.15, -0.1) is 0 Å². The zero-order valence-corrected chi connectivity index (χ0v) is 16.4. The van der Waals surface area contributed by atoms with Crippen molar-refractivity contribution in [2.45, 2.75) is 72.1 Å². The van der Waals surface area contributed by atoms with Crippen LogP contribution in [0.1, 0.15) is 56.5 Å². The van der Waals surface area contributed by atoms with Gasteiger partial charge in [0.1, 0.15) is 0 Å². The number of aromatic nitrogens is 2. The van der Waals surface area contributed by atoms with Crippen molar-refractivity contribution in [1.82, 2.24) is 20.4 Å². The number of aryl methyl sites for hydroxylation is 2. The van der Waals surface area contributed by atoms with E-state index in [1.165, 1.54) is 30.5 Å². The summed E-state index contributed by atoms with van der Waals surface area (Å²) in [7, 11) is 1.99. The summed E-state index contributed by atoms with van der Waals surface area (Å²) >= 11 is 0. The Bertz CT molecular complexity index is 632. The second kappa shape index (κ2) is 7.36. The van der Waals surface area contributed by atoms with Gasteiger partial charge in [-0.1, -0.05) is 6.42 Å². The molecule has 25 heavy (non-hydrogen) atoms. The average Bonchev–Trinajstić information content (AvgIpc) is 2.75. The van der Waals surface area contributed by atoms with E-state index < -0.39 is 0 Å². The second-order valence-corrected chi connectivity index (χ2v) is 7.43. The number of nitrogens with zero attached hydrogens (tertiary/aromatic N) is 3. The summed E-state index contributed by atoms with van der Waals surface area (Å²) in [6.07, 6.45) is 5.38. The minimum atomic E-state index is 0.340. The van der Waals surface area contributed by atoms with Crippen LogP contribution in [0.15, 0.2) is 4.99 Å². The van der Waals surface area contributed by atoms with Crippen LogP contribution in [0.25, 0.3) is 0 Å². The van der Waals surface area contributed by atoms with E-state index in [0.717, 1.165) is 31.2 Å². The summed E-state index contributed by atoms with van der Waals surface area (Å²) in [5.41, 5.74) is 3.81. The van der Waals surface area contributed by atoms with Gasteiger partial charge in [0.05, 0.1) is 18.3 Å². The van der Waals surface area contributed by atoms with Crippen LogP contribution in [0.2, 0.25) is 0 Å². The molecule has 2 unspecified atom stereocenters. The molecule has 6 heteroatoms. The fourth-order valence-electron chi connectivity index (χ4n) is 4.33. The Morgan fingerprint density at radius 2 is 2.12 bits per heavy atom. The largest absolute Gasteiger partial charge is 0.378 e. The fraction of sp³-hybridized carbons (Fsp3) is 0.789. The topological polar surface area (TPSA) is 63.5 Å². The molecule has 6 nitrogen and oxygen atoms in total. The zero-order chi connectivity index (χ0) is 18.0. The normalized spacial score (nSPS) is 24.8. The third-order valence-electron chi connectivity index (χ3n) is 6.15.